The van der Waals surface area contributed by atoms with E-state index in [2.05, 4.69) is 23.3 Å². The molecule has 0 atom stereocenters. The van der Waals surface area contributed by atoms with Crippen LogP contribution in [0.1, 0.15) is 28.8 Å². The number of rotatable bonds is 5. The Morgan fingerprint density at radius 3 is 3.00 bits per heavy atom. The predicted octanol–water partition coefficient (Wildman–Crippen LogP) is 3.16. The van der Waals surface area contributed by atoms with E-state index in [9.17, 15) is 0 Å². The Morgan fingerprint density at radius 1 is 1.24 bits per heavy atom. The summed E-state index contributed by atoms with van der Waals surface area (Å²) in [6, 6.07) is 6.07. The minimum absolute atomic E-state index is 0.719. The first-order valence-electron chi connectivity index (χ1n) is 7.38. The Bertz CT molecular complexity index is 598. The summed E-state index contributed by atoms with van der Waals surface area (Å²) in [6.07, 6.45) is 3.95. The summed E-state index contributed by atoms with van der Waals surface area (Å²) in [5.74, 6) is 1.74. The van der Waals surface area contributed by atoms with E-state index in [1.807, 2.05) is 18.3 Å². The van der Waals surface area contributed by atoms with Gasteiger partial charge in [0.15, 0.2) is 11.5 Å². The number of aryl methyl sites for hydroxylation is 1. The topological polar surface area (TPSA) is 43.4 Å². The van der Waals surface area contributed by atoms with Gasteiger partial charge in [0.05, 0.1) is 13.2 Å². The number of hydrogen-bond donors (Lipinski definition) is 1. The number of para-hydroxylation sites is 1. The molecule has 2 aromatic rings. The van der Waals surface area contributed by atoms with Crippen LogP contribution in [0.15, 0.2) is 24.4 Å². The quantitative estimate of drug-likeness (QED) is 0.921. The zero-order chi connectivity index (χ0) is 14.5. The predicted molar refractivity (Wildman–Crippen MR) is 84.1 cm³/mol. The van der Waals surface area contributed by atoms with Gasteiger partial charge in [-0.3, -0.25) is 0 Å². The van der Waals surface area contributed by atoms with Crippen LogP contribution in [-0.2, 0) is 19.5 Å². The van der Waals surface area contributed by atoms with Gasteiger partial charge < -0.3 is 14.8 Å². The van der Waals surface area contributed by atoms with Crippen molar-refractivity contribution >= 4 is 11.3 Å². The van der Waals surface area contributed by atoms with Crippen LogP contribution >= 0.6 is 11.3 Å². The highest BCUT2D eigenvalue weighted by atomic mass is 32.1. The zero-order valence-electron chi connectivity index (χ0n) is 12.2. The molecule has 5 heteroatoms. The van der Waals surface area contributed by atoms with Crippen LogP contribution < -0.4 is 14.8 Å². The SMILES string of the molecule is CCc1cnc(CNCc2cccc3c2OCCCO3)s1. The highest BCUT2D eigenvalue weighted by molar-refractivity contribution is 7.11. The Kier molecular flexibility index (Phi) is 4.72. The molecule has 0 amide bonds. The summed E-state index contributed by atoms with van der Waals surface area (Å²) in [7, 11) is 0. The summed E-state index contributed by atoms with van der Waals surface area (Å²) < 4.78 is 11.5. The zero-order valence-corrected chi connectivity index (χ0v) is 13.0. The number of thiazole rings is 1. The summed E-state index contributed by atoms with van der Waals surface area (Å²) in [5, 5.41) is 4.57. The molecule has 0 bridgehead atoms. The van der Waals surface area contributed by atoms with Gasteiger partial charge in [0, 0.05) is 36.1 Å². The van der Waals surface area contributed by atoms with Gasteiger partial charge in [0.25, 0.3) is 0 Å². The van der Waals surface area contributed by atoms with Crippen molar-refractivity contribution in [2.24, 2.45) is 0 Å². The van der Waals surface area contributed by atoms with E-state index in [0.717, 1.165) is 61.2 Å². The van der Waals surface area contributed by atoms with Crippen molar-refractivity contribution in [2.45, 2.75) is 32.9 Å². The third-order valence-electron chi connectivity index (χ3n) is 3.39. The first kappa shape index (κ1) is 14.4. The van der Waals surface area contributed by atoms with E-state index in [1.54, 1.807) is 11.3 Å². The molecule has 0 fully saturated rings. The van der Waals surface area contributed by atoms with Gasteiger partial charge in [0.2, 0.25) is 0 Å². The third-order valence-corrected chi connectivity index (χ3v) is 4.54. The number of nitrogens with one attached hydrogen (secondary N) is 1. The molecule has 0 unspecified atom stereocenters. The lowest BCUT2D eigenvalue weighted by atomic mass is 10.2. The summed E-state index contributed by atoms with van der Waals surface area (Å²) >= 11 is 1.77. The summed E-state index contributed by atoms with van der Waals surface area (Å²) in [6.45, 7) is 5.14. The standard InChI is InChI=1S/C16H20N2O2S/c1-2-13-10-18-15(21-13)11-17-9-12-5-3-6-14-16(12)20-8-4-7-19-14/h3,5-6,10,17H,2,4,7-9,11H2,1H3. The molecule has 1 N–H and O–H groups in total. The van der Waals surface area contributed by atoms with Crippen molar-refractivity contribution in [1.82, 2.24) is 10.3 Å². The first-order valence-corrected chi connectivity index (χ1v) is 8.20. The Hall–Kier alpha value is -1.59. The molecule has 2 heterocycles. The van der Waals surface area contributed by atoms with Gasteiger partial charge in [-0.05, 0) is 12.5 Å². The molecule has 1 aliphatic rings. The molecule has 3 rings (SSSR count). The van der Waals surface area contributed by atoms with Gasteiger partial charge in [-0.2, -0.15) is 0 Å². The highest BCUT2D eigenvalue weighted by Gasteiger charge is 2.14. The van der Waals surface area contributed by atoms with Crippen molar-refractivity contribution < 1.29 is 9.47 Å². The molecule has 0 saturated heterocycles. The maximum absolute atomic E-state index is 5.83. The molecular weight excluding hydrogens is 284 g/mol. The molecule has 112 valence electrons. The maximum atomic E-state index is 5.83. The highest BCUT2D eigenvalue weighted by Crippen LogP contribution is 2.33. The Morgan fingerprint density at radius 2 is 2.14 bits per heavy atom. The average molecular weight is 304 g/mol. The first-order chi connectivity index (χ1) is 10.4. The maximum Gasteiger partial charge on any atom is 0.165 e. The van der Waals surface area contributed by atoms with E-state index >= 15 is 0 Å². The second kappa shape index (κ2) is 6.91. The third kappa shape index (κ3) is 3.54. The van der Waals surface area contributed by atoms with Crippen LogP contribution in [0, 0.1) is 0 Å². The number of ether oxygens (including phenoxy) is 2. The molecule has 1 aliphatic heterocycles. The molecule has 0 saturated carbocycles. The Balaban J connectivity index is 1.62. The molecule has 0 spiro atoms. The monoisotopic (exact) mass is 304 g/mol. The van der Waals surface area contributed by atoms with E-state index in [4.69, 9.17) is 9.47 Å². The van der Waals surface area contributed by atoms with Crippen LogP contribution in [-0.4, -0.2) is 18.2 Å². The van der Waals surface area contributed by atoms with E-state index < -0.39 is 0 Å². The van der Waals surface area contributed by atoms with Crippen LogP contribution in [0.25, 0.3) is 0 Å². The average Bonchev–Trinajstić information content (AvgIpc) is 2.83. The molecule has 1 aromatic carbocycles. The van der Waals surface area contributed by atoms with Crippen molar-refractivity contribution in [2.75, 3.05) is 13.2 Å². The van der Waals surface area contributed by atoms with Gasteiger partial charge in [0.1, 0.15) is 5.01 Å². The minimum atomic E-state index is 0.719. The van der Waals surface area contributed by atoms with E-state index in [0.29, 0.717) is 0 Å². The largest absolute Gasteiger partial charge is 0.490 e. The van der Waals surface area contributed by atoms with Gasteiger partial charge in [-0.25, -0.2) is 4.98 Å². The molecule has 21 heavy (non-hydrogen) atoms. The lowest BCUT2D eigenvalue weighted by Gasteiger charge is -2.12. The second-order valence-electron chi connectivity index (χ2n) is 4.97. The fourth-order valence-electron chi connectivity index (χ4n) is 2.29. The van der Waals surface area contributed by atoms with Crippen molar-refractivity contribution in [1.29, 1.82) is 0 Å². The Labute approximate surface area is 129 Å². The lowest BCUT2D eigenvalue weighted by molar-refractivity contribution is 0.296. The summed E-state index contributed by atoms with van der Waals surface area (Å²) in [5.41, 5.74) is 1.14. The van der Waals surface area contributed by atoms with E-state index in [1.165, 1.54) is 4.88 Å². The van der Waals surface area contributed by atoms with Crippen molar-refractivity contribution in [3.8, 4) is 11.5 Å². The van der Waals surface area contributed by atoms with Crippen molar-refractivity contribution in [3.63, 3.8) is 0 Å². The van der Waals surface area contributed by atoms with Crippen LogP contribution in [0.4, 0.5) is 0 Å². The van der Waals surface area contributed by atoms with Gasteiger partial charge in [-0.1, -0.05) is 19.1 Å². The number of aromatic nitrogens is 1. The molecule has 0 aliphatic carbocycles. The van der Waals surface area contributed by atoms with Gasteiger partial charge >= 0.3 is 0 Å². The van der Waals surface area contributed by atoms with E-state index in [-0.39, 0.29) is 0 Å². The van der Waals surface area contributed by atoms with Gasteiger partial charge in [-0.15, -0.1) is 11.3 Å². The number of benzene rings is 1. The van der Waals surface area contributed by atoms with Crippen molar-refractivity contribution in [3.05, 3.63) is 39.8 Å². The lowest BCUT2D eigenvalue weighted by Crippen LogP contribution is -2.13. The number of fused-ring (bicyclic) bond motifs is 1. The normalized spacial score (nSPS) is 14.0. The fourth-order valence-corrected chi connectivity index (χ4v) is 3.12. The number of nitrogens with zero attached hydrogens (tertiary/aromatic N) is 1. The molecule has 1 aromatic heterocycles. The number of hydrogen-bond acceptors (Lipinski definition) is 5. The molecule has 4 nitrogen and oxygen atoms in total. The second-order valence-corrected chi connectivity index (χ2v) is 6.17. The van der Waals surface area contributed by atoms with Crippen LogP contribution in [0.3, 0.4) is 0 Å². The van der Waals surface area contributed by atoms with Crippen LogP contribution in [0.5, 0.6) is 11.5 Å². The summed E-state index contributed by atoms with van der Waals surface area (Å²) in [4.78, 5) is 5.75. The minimum Gasteiger partial charge on any atom is -0.490 e. The fraction of sp³-hybridized carbons (Fsp3) is 0.438. The molecular formula is C16H20N2O2S. The molecule has 0 radical (unpaired) electrons. The smallest absolute Gasteiger partial charge is 0.165 e. The van der Waals surface area contributed by atoms with Crippen LogP contribution in [0.2, 0.25) is 0 Å².